The molecule has 0 bridgehead atoms. The first kappa shape index (κ1) is 118. The van der Waals surface area contributed by atoms with E-state index in [0.717, 1.165) is 8.61 Å². The number of nitrogens with two attached hydrogens (primary N) is 4. The van der Waals surface area contributed by atoms with Crippen LogP contribution in [0.2, 0.25) is 0 Å². The van der Waals surface area contributed by atoms with Crippen LogP contribution in [0.3, 0.4) is 0 Å². The number of nitrogens with zero attached hydrogens (tertiary/aromatic N) is 2. The highest BCUT2D eigenvalue weighted by Crippen LogP contribution is 2.42. The Bertz CT molecular complexity index is 5440. The van der Waals surface area contributed by atoms with Crippen LogP contribution in [0, 0.1) is 11.8 Å². The van der Waals surface area contributed by atoms with E-state index in [9.17, 15) is 89.2 Å². The van der Waals surface area contributed by atoms with Crippen molar-refractivity contribution in [1.29, 1.82) is 0 Å². The number of aliphatic hydroxyl groups is 9. The van der Waals surface area contributed by atoms with E-state index >= 15 is 0 Å². The predicted octanol–water partition coefficient (Wildman–Crippen LogP) is -1.04. The quantitative estimate of drug-likeness (QED) is 0.0278. The van der Waals surface area contributed by atoms with Gasteiger partial charge in [-0.1, -0.05) is 86.6 Å². The molecule has 6 heterocycles. The van der Waals surface area contributed by atoms with E-state index in [1.54, 1.807) is 137 Å². The van der Waals surface area contributed by atoms with Gasteiger partial charge in [-0.25, -0.2) is 52.7 Å². The first-order valence-corrected chi connectivity index (χ1v) is 54.0. The Balaban J connectivity index is 0.000000211. The second kappa shape index (κ2) is 49.4. The molecule has 6 aliphatic heterocycles. The third-order valence-corrected chi connectivity index (χ3v) is 33.0. The molecule has 4 aromatic carbocycles. The molecule has 0 spiro atoms. The summed E-state index contributed by atoms with van der Waals surface area (Å²) in [4.78, 5) is 25.1. The molecule has 24 N–H and O–H groups in total. The molecule has 50 heteroatoms. The van der Waals surface area contributed by atoms with Crippen molar-refractivity contribution in [2.45, 2.75) is 334 Å². The molecule has 3 saturated carbocycles. The molecule has 3 aliphatic carbocycles. The highest BCUT2D eigenvalue weighted by atomic mass is 32.2. The van der Waals surface area contributed by atoms with Gasteiger partial charge >= 0.3 is 12.2 Å². The number of hydrogen-bond donors (Lipinski definition) is 20. The second-order valence-electron chi connectivity index (χ2n) is 40.7. The predicted molar refractivity (Wildman–Crippen MR) is 523 cm³/mol. The van der Waals surface area contributed by atoms with E-state index in [0.29, 0.717) is 56.1 Å². The van der Waals surface area contributed by atoms with Gasteiger partial charge in [0.25, 0.3) is 0 Å². The maximum absolute atomic E-state index is 13.7. The zero-order valence-corrected chi connectivity index (χ0v) is 87.5. The van der Waals surface area contributed by atoms with E-state index < -0.39 is 271 Å². The van der Waals surface area contributed by atoms with Crippen LogP contribution >= 0.6 is 0 Å². The highest BCUT2D eigenvalue weighted by molar-refractivity contribution is 7.90. The number of aliphatic hydroxyl groups excluding tert-OH is 6. The van der Waals surface area contributed by atoms with Gasteiger partial charge in [-0.3, -0.25) is 0 Å². The molecular weight excluding hydrogens is 1980 g/mol. The zero-order valence-electron chi connectivity index (χ0n) is 84.2. The Morgan fingerprint density at radius 2 is 0.738 bits per heavy atom. The Hall–Kier alpha value is -7.32. The minimum absolute atomic E-state index is 0.0425. The van der Waals surface area contributed by atoms with Gasteiger partial charge < -0.3 is 162 Å². The van der Waals surface area contributed by atoms with Crippen molar-refractivity contribution < 1.29 is 156 Å². The number of nitrogens with one attached hydrogen (secondary N) is 7. The number of likely N-dealkylation sites (N-methyl/N-ethyl adjacent to an activating group) is 5. The van der Waals surface area contributed by atoms with Crippen molar-refractivity contribution in [3.63, 3.8) is 0 Å². The van der Waals surface area contributed by atoms with Gasteiger partial charge in [-0.05, 0) is 201 Å². The minimum Gasteiger partial charge on any atom is -0.467 e. The van der Waals surface area contributed by atoms with Crippen LogP contribution in [0.25, 0.3) is 0 Å². The SMILES string of the molecule is CN([C@@H]1[C@@H](O)[C@@H](O[C@@H]2[C@@H](O)[C@H](O[C@H]3OC(CN)=CC[C@H]3N)[C@@H](N)C[C@H]2NS(=O)(=O)c2ccccc2)OC[C@]1(C)O)S(=O)(=O)c1ccccc1.CNCC1=CC[C@@H](NC(=O)OC(C)(C)C)[C@@H](O[C@H]2[C@H](O)[C@@H](O[C@H]3OC[C@](C)(O)C(N(C)S(=O)(=O)c4ccccc4)[C@H]3O)[C@H](NS(=O)(=O)c3ccccc3)C[C@@H]2C)O1.CNCC1=CC[C@@H](NC(=O)OC(C)(C)C)[C@@H](O[C@H]2[C@H](O)[C@@H](O[C@H]3OC[C@](C)(O)[C@H](NC)[C@H]3O)[C@H](N)C[C@@H]2C)O1. The minimum atomic E-state index is -4.26. The largest absolute Gasteiger partial charge is 0.467 e. The first-order chi connectivity index (χ1) is 67.9. The molecule has 2 amide bonds. The molecule has 13 rings (SSSR count). The average molecular weight is 2130 g/mol. The Kier molecular flexibility index (Phi) is 40.2. The van der Waals surface area contributed by atoms with E-state index in [2.05, 4.69) is 36.0 Å². The van der Waals surface area contributed by atoms with Crippen LogP contribution in [0.4, 0.5) is 9.59 Å². The Labute approximate surface area is 847 Å². The smallest absolute Gasteiger partial charge is 0.408 e. The maximum atomic E-state index is 13.7. The number of ether oxygens (including phenoxy) is 14. The van der Waals surface area contributed by atoms with Crippen LogP contribution in [0.5, 0.6) is 0 Å². The Morgan fingerprint density at radius 3 is 1.12 bits per heavy atom. The monoisotopic (exact) mass is 2130 g/mol. The van der Waals surface area contributed by atoms with Crippen LogP contribution in [-0.2, 0) is 106 Å². The number of rotatable bonds is 32. The number of hydrogen-bond acceptors (Lipinski definition) is 40. The summed E-state index contributed by atoms with van der Waals surface area (Å²) in [5, 5.41) is 117. The third-order valence-electron chi connectivity index (χ3n) is 26.3. The lowest BCUT2D eigenvalue weighted by molar-refractivity contribution is -0.310. The molecule has 6 fully saturated rings. The van der Waals surface area contributed by atoms with E-state index in [1.807, 2.05) is 13.0 Å². The normalized spacial score (nSPS) is 36.0. The van der Waals surface area contributed by atoms with Crippen LogP contribution in [-0.4, -0.2) is 375 Å². The maximum Gasteiger partial charge on any atom is 0.408 e. The molecule has 9 aliphatic rings. The Morgan fingerprint density at radius 1 is 0.414 bits per heavy atom. The number of alkyl carbamates (subject to hydrolysis) is 2. The summed E-state index contributed by atoms with van der Waals surface area (Å²) in [6.45, 7) is 18.2. The molecule has 1 unspecified atom stereocenters. The van der Waals surface area contributed by atoms with Crippen molar-refractivity contribution in [3.05, 3.63) is 157 Å². The van der Waals surface area contributed by atoms with Gasteiger partial charge in [0.2, 0.25) is 59.0 Å². The molecule has 3 saturated heterocycles. The van der Waals surface area contributed by atoms with Crippen molar-refractivity contribution in [2.75, 3.05) is 74.7 Å². The summed E-state index contributed by atoms with van der Waals surface area (Å²) < 4.78 is 199. The summed E-state index contributed by atoms with van der Waals surface area (Å²) in [5.74, 6) is 0.868. The topological polar surface area (TPSA) is 677 Å². The fourth-order valence-electron chi connectivity index (χ4n) is 19.1. The number of amides is 2. The average Bonchev–Trinajstić information content (AvgIpc) is 0.741. The van der Waals surface area contributed by atoms with E-state index in [4.69, 9.17) is 89.3 Å². The molecule has 145 heavy (non-hydrogen) atoms. The summed E-state index contributed by atoms with van der Waals surface area (Å²) in [7, 11) is -9.30. The molecule has 816 valence electrons. The van der Waals surface area contributed by atoms with Gasteiger partial charge in [0.15, 0.2) is 18.9 Å². The van der Waals surface area contributed by atoms with Crippen molar-refractivity contribution in [3.8, 4) is 0 Å². The summed E-state index contributed by atoms with van der Waals surface area (Å²) in [5.41, 5.74) is 18.2. The van der Waals surface area contributed by atoms with Gasteiger partial charge in [-0.15, -0.1) is 0 Å². The number of carbonyl (C=O) groups is 2. The van der Waals surface area contributed by atoms with Crippen LogP contribution < -0.4 is 59.0 Å². The number of sulfonamides is 4. The van der Waals surface area contributed by atoms with E-state index in [1.165, 1.54) is 101 Å². The highest BCUT2D eigenvalue weighted by Gasteiger charge is 2.59. The fraction of sp³-hybridized carbons (Fsp3) is 0.663. The molecule has 4 aromatic rings. The molecule has 0 aromatic heterocycles. The molecule has 46 nitrogen and oxygen atoms in total. The molecule has 0 radical (unpaired) electrons. The van der Waals surface area contributed by atoms with Crippen molar-refractivity contribution >= 4 is 52.3 Å². The molecule has 33 atom stereocenters. The molecular formula is C95H149N13O33S4. The first-order valence-electron chi connectivity index (χ1n) is 48.1. The summed E-state index contributed by atoms with van der Waals surface area (Å²) >= 11 is 0. The van der Waals surface area contributed by atoms with Crippen molar-refractivity contribution in [1.82, 2.24) is 44.6 Å². The third kappa shape index (κ3) is 29.5. The number of benzene rings is 4. The lowest BCUT2D eigenvalue weighted by Gasteiger charge is -2.50. The van der Waals surface area contributed by atoms with Gasteiger partial charge in [0.05, 0.1) is 120 Å². The van der Waals surface area contributed by atoms with Gasteiger partial charge in [0, 0.05) is 26.2 Å². The fourth-order valence-corrected chi connectivity index (χ4v) is 24.7. The van der Waals surface area contributed by atoms with Gasteiger partial charge in [-0.2, -0.15) is 8.61 Å². The van der Waals surface area contributed by atoms with Crippen molar-refractivity contribution in [2.24, 2.45) is 34.8 Å². The lowest BCUT2D eigenvalue weighted by Crippen LogP contribution is -2.70. The standard InChI is InChI=1S/C38H56N4O13S2.C31H45N5O11S2.C26H48N4O9/c1-23-20-28(41-56(47,48)25-14-10-8-11-15-25)32(29(43)31(23)53-34-27(19-18-24(52-34)21-39-6)40-36(45)55-37(2,3)4)54-35-30(44)33(38(5,46)22-51-35)42(7)57(49,50)26-16-12-9-13-17-26;1-31(39)17-44-30(25(38)28(31)36(2)49(42,43)20-11-7-4-8-12-20)47-27-23(35-48(40,41)19-9-5-3-6-10-19)15-22(34)26(24(27)37)46-29-21(33)14-13-18(16-32)45-29;1-13-10-15(27)20(38-23-18(32)21(29-7)26(5,34)12-35-23)17(31)19(13)37-22-16(9-8-14(36-22)11-28-6)30-24(33)39-25(2,3)4/h8-18,23,27-35,39,41,43-44,46H,19-22H2,1-7H3,(H,40,45);3-13,21-30,35,37-39H,14-17,32-34H2,1-2H3;8,13,15-23,28-29,31-32,34H,9-12,27H2,1-7H3,(H,30,33)/t23-,27+,28+,29-,30+,31+,32-,33?,34+,35+,38-;21-,22+,23-,24+,25-,26-,27+,28-,29-,30-,31+;13-,15+,16+,17-,18+,19+,20-,21+,22+,23+,26-/m010/s1. The van der Waals surface area contributed by atoms with E-state index in [-0.39, 0.29) is 51.5 Å². The van der Waals surface area contributed by atoms with Crippen LogP contribution in [0.15, 0.2) is 176 Å². The number of carbonyl (C=O) groups excluding carboxylic acids is 2. The summed E-state index contributed by atoms with van der Waals surface area (Å²) in [6.07, 6.45) is -18.3. The lowest BCUT2D eigenvalue weighted by atomic mass is 9.80. The van der Waals surface area contributed by atoms with Crippen LogP contribution in [0.1, 0.15) is 115 Å². The van der Waals surface area contributed by atoms with Gasteiger partial charge in [0.1, 0.15) is 106 Å². The summed E-state index contributed by atoms with van der Waals surface area (Å²) in [6, 6.07) is 20.5. The second-order valence-corrected chi connectivity index (χ2v) is 48.1. The zero-order chi connectivity index (χ0) is 107.